The van der Waals surface area contributed by atoms with Gasteiger partial charge in [-0.3, -0.25) is 0 Å². The van der Waals surface area contributed by atoms with Gasteiger partial charge in [-0.05, 0) is 13.3 Å². The molecule has 21 heavy (non-hydrogen) atoms. The van der Waals surface area contributed by atoms with Crippen molar-refractivity contribution in [3.05, 3.63) is 18.2 Å². The highest BCUT2D eigenvalue weighted by atomic mass is 16.5. The number of carbonyl (C=O) groups excluding carboxylic acids is 1. The Morgan fingerprint density at radius 1 is 1.57 bits per heavy atom. The van der Waals surface area contributed by atoms with Gasteiger partial charge < -0.3 is 24.6 Å². The van der Waals surface area contributed by atoms with Gasteiger partial charge in [-0.1, -0.05) is 0 Å². The average Bonchev–Trinajstić information content (AvgIpc) is 2.80. The number of urea groups is 1. The van der Waals surface area contributed by atoms with Crippen molar-refractivity contribution in [2.24, 2.45) is 0 Å². The maximum Gasteiger partial charge on any atom is 0.356 e. The van der Waals surface area contributed by atoms with E-state index in [9.17, 15) is 9.59 Å². The maximum absolute atomic E-state index is 12.0. The molecule has 8 nitrogen and oxygen atoms in total. The average molecular weight is 296 g/mol. The lowest BCUT2D eigenvalue weighted by Gasteiger charge is -2.22. The van der Waals surface area contributed by atoms with E-state index >= 15 is 0 Å². The van der Waals surface area contributed by atoms with Gasteiger partial charge in [0.05, 0.1) is 12.4 Å². The Morgan fingerprint density at radius 2 is 2.38 bits per heavy atom. The maximum atomic E-state index is 12.0. The molecule has 1 aliphatic rings. The topological polar surface area (TPSA) is 96.7 Å². The summed E-state index contributed by atoms with van der Waals surface area (Å²) < 4.78 is 7.13. The number of aromatic carboxylic acids is 1. The van der Waals surface area contributed by atoms with Crippen LogP contribution in [0.25, 0.3) is 0 Å². The summed E-state index contributed by atoms with van der Waals surface area (Å²) in [4.78, 5) is 28.2. The first-order chi connectivity index (χ1) is 10.1. The molecular formula is C13H20N4O4. The van der Waals surface area contributed by atoms with E-state index in [0.29, 0.717) is 32.8 Å². The van der Waals surface area contributed by atoms with Crippen LogP contribution in [0.1, 0.15) is 23.8 Å². The minimum atomic E-state index is -1.06. The summed E-state index contributed by atoms with van der Waals surface area (Å²) in [7, 11) is 0. The lowest BCUT2D eigenvalue weighted by atomic mass is 10.3. The highest BCUT2D eigenvalue weighted by molar-refractivity contribution is 5.84. The SMILES string of the molecule is CC1CN(C(=O)NCCn2cnc(C(=O)O)c2)CCCO1. The van der Waals surface area contributed by atoms with Crippen molar-refractivity contribution in [3.63, 3.8) is 0 Å². The Hall–Kier alpha value is -2.09. The molecule has 1 fully saturated rings. The van der Waals surface area contributed by atoms with E-state index in [4.69, 9.17) is 9.84 Å². The van der Waals surface area contributed by atoms with Crippen LogP contribution in [0.3, 0.4) is 0 Å². The van der Waals surface area contributed by atoms with Gasteiger partial charge in [-0.2, -0.15) is 0 Å². The molecule has 8 heteroatoms. The quantitative estimate of drug-likeness (QED) is 0.838. The molecule has 0 radical (unpaired) electrons. The van der Waals surface area contributed by atoms with Crippen LogP contribution in [0, 0.1) is 0 Å². The predicted octanol–water partition coefficient (Wildman–Crippen LogP) is 0.402. The molecule has 2 heterocycles. The molecule has 1 aromatic rings. The summed E-state index contributed by atoms with van der Waals surface area (Å²) in [5, 5.41) is 11.6. The zero-order valence-corrected chi connectivity index (χ0v) is 12.0. The molecule has 1 atom stereocenters. The van der Waals surface area contributed by atoms with E-state index in [-0.39, 0.29) is 17.8 Å². The van der Waals surface area contributed by atoms with Crippen LogP contribution >= 0.6 is 0 Å². The lowest BCUT2D eigenvalue weighted by molar-refractivity contribution is 0.0690. The Morgan fingerprint density at radius 3 is 3.10 bits per heavy atom. The van der Waals surface area contributed by atoms with Crippen LogP contribution in [-0.4, -0.2) is 63.9 Å². The van der Waals surface area contributed by atoms with E-state index in [1.165, 1.54) is 12.5 Å². The van der Waals surface area contributed by atoms with Gasteiger partial charge in [0.15, 0.2) is 5.69 Å². The van der Waals surface area contributed by atoms with Gasteiger partial charge in [0.25, 0.3) is 0 Å². The van der Waals surface area contributed by atoms with Gasteiger partial charge in [0.1, 0.15) is 0 Å². The minimum absolute atomic E-state index is 0.000168. The zero-order valence-electron chi connectivity index (χ0n) is 12.0. The number of aromatic nitrogens is 2. The summed E-state index contributed by atoms with van der Waals surface area (Å²) >= 11 is 0. The van der Waals surface area contributed by atoms with Crippen molar-refractivity contribution in [2.45, 2.75) is 26.0 Å². The number of amides is 2. The van der Waals surface area contributed by atoms with Crippen LogP contribution in [0.5, 0.6) is 0 Å². The molecule has 0 aromatic carbocycles. The smallest absolute Gasteiger partial charge is 0.356 e. The van der Waals surface area contributed by atoms with Crippen LogP contribution in [0.15, 0.2) is 12.5 Å². The molecular weight excluding hydrogens is 276 g/mol. The highest BCUT2D eigenvalue weighted by Gasteiger charge is 2.19. The molecule has 1 aromatic heterocycles. The molecule has 0 saturated carbocycles. The van der Waals surface area contributed by atoms with Crippen LogP contribution in [0.4, 0.5) is 4.79 Å². The number of carboxylic acids is 1. The Labute approximate surface area is 122 Å². The number of hydrogen-bond acceptors (Lipinski definition) is 4. The summed E-state index contributed by atoms with van der Waals surface area (Å²) in [6.45, 7) is 4.79. The number of carbonyl (C=O) groups is 2. The Balaban J connectivity index is 1.76. The summed E-state index contributed by atoms with van der Waals surface area (Å²) in [5.41, 5.74) is -0.000168. The first kappa shape index (κ1) is 15.3. The van der Waals surface area contributed by atoms with E-state index in [1.807, 2.05) is 6.92 Å². The second-order valence-corrected chi connectivity index (χ2v) is 5.01. The molecule has 1 unspecified atom stereocenters. The molecule has 2 rings (SSSR count). The largest absolute Gasteiger partial charge is 0.476 e. The summed E-state index contributed by atoms with van der Waals surface area (Å²) in [5.74, 6) is -1.06. The number of ether oxygens (including phenoxy) is 1. The number of rotatable bonds is 4. The van der Waals surface area contributed by atoms with Gasteiger partial charge >= 0.3 is 12.0 Å². The van der Waals surface area contributed by atoms with Crippen LogP contribution in [-0.2, 0) is 11.3 Å². The van der Waals surface area contributed by atoms with Crippen molar-refractivity contribution >= 4 is 12.0 Å². The third-order valence-electron chi connectivity index (χ3n) is 3.24. The molecule has 116 valence electrons. The Kier molecular flexibility index (Phi) is 5.15. The normalized spacial score (nSPS) is 19.1. The number of imidazole rings is 1. The lowest BCUT2D eigenvalue weighted by Crippen LogP contribution is -2.43. The van der Waals surface area contributed by atoms with Crippen LogP contribution in [0.2, 0.25) is 0 Å². The first-order valence-electron chi connectivity index (χ1n) is 6.95. The number of hydrogen-bond donors (Lipinski definition) is 2. The molecule has 2 amide bonds. The molecule has 1 aliphatic heterocycles. The first-order valence-corrected chi connectivity index (χ1v) is 6.95. The number of carboxylic acid groups (broad SMARTS) is 1. The van der Waals surface area contributed by atoms with Crippen molar-refractivity contribution < 1.29 is 19.4 Å². The van der Waals surface area contributed by atoms with Gasteiger partial charge in [-0.25, -0.2) is 14.6 Å². The van der Waals surface area contributed by atoms with Crippen molar-refractivity contribution in [2.75, 3.05) is 26.2 Å². The second kappa shape index (κ2) is 7.07. The van der Waals surface area contributed by atoms with Crippen molar-refractivity contribution in [3.8, 4) is 0 Å². The predicted molar refractivity (Wildman–Crippen MR) is 74.2 cm³/mol. The van der Waals surface area contributed by atoms with E-state index < -0.39 is 5.97 Å². The fourth-order valence-electron chi connectivity index (χ4n) is 2.18. The minimum Gasteiger partial charge on any atom is -0.476 e. The second-order valence-electron chi connectivity index (χ2n) is 5.01. The summed E-state index contributed by atoms with van der Waals surface area (Å²) in [6.07, 6.45) is 3.76. The monoisotopic (exact) mass is 296 g/mol. The van der Waals surface area contributed by atoms with Crippen molar-refractivity contribution in [1.82, 2.24) is 19.8 Å². The summed E-state index contributed by atoms with van der Waals surface area (Å²) in [6, 6.07) is -0.120. The molecule has 0 bridgehead atoms. The van der Waals surface area contributed by atoms with E-state index in [2.05, 4.69) is 10.3 Å². The van der Waals surface area contributed by atoms with Gasteiger partial charge in [0, 0.05) is 39.0 Å². The Bertz CT molecular complexity index is 502. The van der Waals surface area contributed by atoms with Gasteiger partial charge in [0.2, 0.25) is 0 Å². The molecule has 2 N–H and O–H groups in total. The standard InChI is InChI=1S/C13H20N4O4/c1-10-7-17(4-2-6-21-10)13(20)14-3-5-16-8-11(12(18)19)15-9-16/h8-10H,2-7H2,1H3,(H,14,20)(H,18,19). The zero-order chi connectivity index (χ0) is 15.2. The molecule has 0 aliphatic carbocycles. The van der Waals surface area contributed by atoms with Gasteiger partial charge in [-0.15, -0.1) is 0 Å². The highest BCUT2D eigenvalue weighted by Crippen LogP contribution is 2.05. The molecule has 1 saturated heterocycles. The van der Waals surface area contributed by atoms with Crippen molar-refractivity contribution in [1.29, 1.82) is 0 Å². The number of nitrogens with one attached hydrogen (secondary N) is 1. The number of nitrogens with zero attached hydrogens (tertiary/aromatic N) is 3. The van der Waals surface area contributed by atoms with E-state index in [0.717, 1.165) is 6.42 Å². The van der Waals surface area contributed by atoms with E-state index in [1.54, 1.807) is 9.47 Å². The fourth-order valence-corrected chi connectivity index (χ4v) is 2.18. The third-order valence-corrected chi connectivity index (χ3v) is 3.24. The molecule has 0 spiro atoms. The fraction of sp³-hybridized carbons (Fsp3) is 0.615. The van der Waals surface area contributed by atoms with Crippen LogP contribution < -0.4 is 5.32 Å². The third kappa shape index (κ3) is 4.45.